The Labute approximate surface area is 207 Å². The SMILES string of the molecule is CC(C)OCCOc1ccc(-c2cc(=O)[nH]c(-c3c(Cl)ccc(CC(C)(C)C(N)=O)c3F)n2)cn1. The number of carbonyl (C=O) groups is 1. The predicted molar refractivity (Wildman–Crippen MR) is 132 cm³/mol. The maximum absolute atomic E-state index is 15.5. The number of aromatic nitrogens is 3. The van der Waals surface area contributed by atoms with Crippen LogP contribution in [0.1, 0.15) is 33.3 Å². The standard InChI is InChI=1S/C25H28ClFN4O4/c1-14(2)34-9-10-35-20-8-6-16(13-29-20)18-11-19(32)31-23(30-18)21-17(26)7-5-15(22(21)27)12-25(3,4)24(28)33/h5-8,11,13-14H,9-10,12H2,1-4H3,(H2,28,33)(H,30,31,32). The molecule has 8 nitrogen and oxygen atoms in total. The minimum absolute atomic E-state index is 0.0418. The highest BCUT2D eigenvalue weighted by Crippen LogP contribution is 2.33. The number of primary amides is 1. The Bertz CT molecular complexity index is 1260. The van der Waals surface area contributed by atoms with Crippen LogP contribution in [0, 0.1) is 11.2 Å². The lowest BCUT2D eigenvalue weighted by atomic mass is 9.84. The summed E-state index contributed by atoms with van der Waals surface area (Å²) < 4.78 is 26.5. The summed E-state index contributed by atoms with van der Waals surface area (Å²) in [7, 11) is 0. The zero-order chi connectivity index (χ0) is 25.8. The molecule has 1 amide bonds. The fourth-order valence-corrected chi connectivity index (χ4v) is 3.52. The molecule has 0 aliphatic heterocycles. The molecule has 10 heteroatoms. The van der Waals surface area contributed by atoms with Crippen LogP contribution in [0.2, 0.25) is 5.02 Å². The molecule has 0 saturated carbocycles. The van der Waals surface area contributed by atoms with Gasteiger partial charge in [-0.05, 0) is 38.0 Å². The molecule has 0 atom stereocenters. The number of halogens is 2. The van der Waals surface area contributed by atoms with Crippen molar-refractivity contribution in [1.29, 1.82) is 0 Å². The number of ether oxygens (including phenoxy) is 2. The van der Waals surface area contributed by atoms with Gasteiger partial charge in [0.05, 0.1) is 29.0 Å². The molecule has 0 spiro atoms. The van der Waals surface area contributed by atoms with Crippen LogP contribution in [0.25, 0.3) is 22.6 Å². The Morgan fingerprint density at radius 1 is 1.23 bits per heavy atom. The van der Waals surface area contributed by atoms with Crippen molar-refractivity contribution in [2.45, 2.75) is 40.2 Å². The molecule has 0 saturated heterocycles. The monoisotopic (exact) mass is 502 g/mol. The fourth-order valence-electron chi connectivity index (χ4n) is 3.28. The zero-order valence-corrected chi connectivity index (χ0v) is 20.8. The third-order valence-corrected chi connectivity index (χ3v) is 5.58. The number of hydrogen-bond acceptors (Lipinski definition) is 6. The Morgan fingerprint density at radius 3 is 2.60 bits per heavy atom. The first-order valence-electron chi connectivity index (χ1n) is 11.1. The van der Waals surface area contributed by atoms with Gasteiger partial charge >= 0.3 is 0 Å². The molecule has 3 N–H and O–H groups in total. The van der Waals surface area contributed by atoms with Gasteiger partial charge in [0, 0.05) is 29.3 Å². The average molecular weight is 503 g/mol. The number of nitrogens with one attached hydrogen (secondary N) is 1. The summed E-state index contributed by atoms with van der Waals surface area (Å²) in [5.41, 5.74) is 4.94. The summed E-state index contributed by atoms with van der Waals surface area (Å²) in [5.74, 6) is -0.892. The highest BCUT2D eigenvalue weighted by atomic mass is 35.5. The first-order chi connectivity index (χ1) is 16.5. The number of nitrogens with two attached hydrogens (primary N) is 1. The molecule has 186 valence electrons. The second kappa shape index (κ2) is 11.0. The molecule has 3 aromatic rings. The van der Waals surface area contributed by atoms with Gasteiger partial charge in [0.15, 0.2) is 0 Å². The van der Waals surface area contributed by atoms with Gasteiger partial charge in [-0.2, -0.15) is 0 Å². The summed E-state index contributed by atoms with van der Waals surface area (Å²) in [6, 6.07) is 7.61. The molecule has 0 fully saturated rings. The summed E-state index contributed by atoms with van der Waals surface area (Å²) in [4.78, 5) is 35.3. The summed E-state index contributed by atoms with van der Waals surface area (Å²) in [6.07, 6.45) is 1.67. The van der Waals surface area contributed by atoms with E-state index in [4.69, 9.17) is 26.8 Å². The van der Waals surface area contributed by atoms with E-state index in [2.05, 4.69) is 15.0 Å². The summed E-state index contributed by atoms with van der Waals surface area (Å²) in [6.45, 7) is 7.91. The molecule has 0 aliphatic rings. The number of amides is 1. The summed E-state index contributed by atoms with van der Waals surface area (Å²) >= 11 is 6.29. The maximum atomic E-state index is 15.5. The van der Waals surface area contributed by atoms with Crippen molar-refractivity contribution in [3.05, 3.63) is 63.3 Å². The lowest BCUT2D eigenvalue weighted by Crippen LogP contribution is -2.33. The van der Waals surface area contributed by atoms with E-state index in [0.717, 1.165) is 0 Å². The normalized spacial score (nSPS) is 11.6. The lowest BCUT2D eigenvalue weighted by Gasteiger charge is -2.21. The molecule has 0 unspecified atom stereocenters. The van der Waals surface area contributed by atoms with E-state index in [0.29, 0.717) is 24.7 Å². The van der Waals surface area contributed by atoms with Gasteiger partial charge in [-0.3, -0.25) is 9.59 Å². The lowest BCUT2D eigenvalue weighted by molar-refractivity contribution is -0.125. The van der Waals surface area contributed by atoms with Crippen molar-refractivity contribution in [1.82, 2.24) is 15.0 Å². The number of aromatic amines is 1. The first-order valence-corrected chi connectivity index (χ1v) is 11.4. The number of carbonyl (C=O) groups excluding carboxylic acids is 1. The van der Waals surface area contributed by atoms with E-state index in [1.807, 2.05) is 13.8 Å². The van der Waals surface area contributed by atoms with Crippen LogP contribution < -0.4 is 16.0 Å². The van der Waals surface area contributed by atoms with Crippen LogP contribution in [-0.2, 0) is 16.0 Å². The van der Waals surface area contributed by atoms with Crippen LogP contribution in [-0.4, -0.2) is 40.2 Å². The second-order valence-corrected chi connectivity index (χ2v) is 9.36. The van der Waals surface area contributed by atoms with Crippen molar-refractivity contribution in [2.24, 2.45) is 11.1 Å². The fraction of sp³-hybridized carbons (Fsp3) is 0.360. The third-order valence-electron chi connectivity index (χ3n) is 5.27. The van der Waals surface area contributed by atoms with Gasteiger partial charge in [0.1, 0.15) is 18.2 Å². The zero-order valence-electron chi connectivity index (χ0n) is 20.0. The molecule has 3 rings (SSSR count). The quantitative estimate of drug-likeness (QED) is 0.402. The van der Waals surface area contributed by atoms with Crippen molar-refractivity contribution in [2.75, 3.05) is 13.2 Å². The van der Waals surface area contributed by atoms with E-state index in [1.54, 1.807) is 26.0 Å². The number of pyridine rings is 1. The average Bonchev–Trinajstić information content (AvgIpc) is 2.78. The van der Waals surface area contributed by atoms with Crippen LogP contribution in [0.4, 0.5) is 4.39 Å². The maximum Gasteiger partial charge on any atom is 0.251 e. The largest absolute Gasteiger partial charge is 0.475 e. The third kappa shape index (κ3) is 6.64. The van der Waals surface area contributed by atoms with Gasteiger partial charge in [-0.1, -0.05) is 31.5 Å². The minimum atomic E-state index is -0.981. The minimum Gasteiger partial charge on any atom is -0.475 e. The highest BCUT2D eigenvalue weighted by molar-refractivity contribution is 6.33. The number of benzene rings is 1. The summed E-state index contributed by atoms with van der Waals surface area (Å²) in [5, 5.41) is 0.0638. The molecule has 0 radical (unpaired) electrons. The second-order valence-electron chi connectivity index (χ2n) is 8.95. The van der Waals surface area contributed by atoms with Gasteiger partial charge in [-0.15, -0.1) is 0 Å². The number of rotatable bonds is 10. The van der Waals surface area contributed by atoms with Crippen LogP contribution in [0.3, 0.4) is 0 Å². The Balaban J connectivity index is 1.91. The number of nitrogens with zero attached hydrogens (tertiary/aromatic N) is 2. The Morgan fingerprint density at radius 2 is 1.97 bits per heavy atom. The van der Waals surface area contributed by atoms with E-state index in [-0.39, 0.29) is 40.2 Å². The number of hydrogen-bond donors (Lipinski definition) is 2. The van der Waals surface area contributed by atoms with Crippen LogP contribution in [0.15, 0.2) is 41.3 Å². The van der Waals surface area contributed by atoms with E-state index < -0.39 is 22.7 Å². The smallest absolute Gasteiger partial charge is 0.251 e. The number of H-pyrrole nitrogens is 1. The highest BCUT2D eigenvalue weighted by Gasteiger charge is 2.28. The molecule has 2 heterocycles. The molecule has 1 aromatic carbocycles. The molecule has 2 aromatic heterocycles. The van der Waals surface area contributed by atoms with E-state index >= 15 is 4.39 Å². The van der Waals surface area contributed by atoms with Crippen LogP contribution >= 0.6 is 11.6 Å². The van der Waals surface area contributed by atoms with Crippen molar-refractivity contribution >= 4 is 17.5 Å². The molecule has 0 aliphatic carbocycles. The Kier molecular flexibility index (Phi) is 8.24. The van der Waals surface area contributed by atoms with Crippen molar-refractivity contribution < 1.29 is 18.7 Å². The molecule has 0 bridgehead atoms. The predicted octanol–water partition coefficient (Wildman–Crippen LogP) is 4.15. The Hall–Kier alpha value is -3.30. The molecular formula is C25H28ClFN4O4. The van der Waals surface area contributed by atoms with E-state index in [1.165, 1.54) is 24.4 Å². The molecule has 35 heavy (non-hydrogen) atoms. The topological polar surface area (TPSA) is 120 Å². The van der Waals surface area contributed by atoms with Crippen molar-refractivity contribution in [3.8, 4) is 28.5 Å². The molecular weight excluding hydrogens is 475 g/mol. The van der Waals surface area contributed by atoms with Gasteiger partial charge < -0.3 is 20.2 Å². The van der Waals surface area contributed by atoms with Gasteiger partial charge in [-0.25, -0.2) is 14.4 Å². The van der Waals surface area contributed by atoms with Gasteiger partial charge in [0.25, 0.3) is 5.56 Å². The first kappa shape index (κ1) is 26.3. The van der Waals surface area contributed by atoms with Crippen LogP contribution in [0.5, 0.6) is 5.88 Å². The van der Waals surface area contributed by atoms with E-state index in [9.17, 15) is 9.59 Å². The van der Waals surface area contributed by atoms with Gasteiger partial charge in [0.2, 0.25) is 11.8 Å². The van der Waals surface area contributed by atoms with Crippen molar-refractivity contribution in [3.63, 3.8) is 0 Å².